The molecule has 1 saturated heterocycles. The Bertz CT molecular complexity index is 973. The number of rotatable bonds is 8. The maximum absolute atomic E-state index is 4.47. The number of unbranched alkanes of at least 4 members (excludes halogenated alkanes) is 1. The van der Waals surface area contributed by atoms with E-state index in [2.05, 4.69) is 88.5 Å². The normalized spacial score (nSPS) is 13.7. The first-order valence-electron chi connectivity index (χ1n) is 11.5. The van der Waals surface area contributed by atoms with E-state index in [1.54, 1.807) is 0 Å². The molecule has 0 atom stereocenters. The number of pyridine rings is 1. The van der Waals surface area contributed by atoms with Gasteiger partial charge in [0, 0.05) is 44.6 Å². The Morgan fingerprint density at radius 1 is 0.818 bits per heavy atom. The number of aryl methyl sites for hydroxylation is 2. The average molecular weight is 488 g/mol. The van der Waals surface area contributed by atoms with E-state index in [0.29, 0.717) is 0 Å². The first-order chi connectivity index (χ1) is 15.2. The third kappa shape index (κ3) is 7.63. The van der Waals surface area contributed by atoms with Crippen LogP contribution in [-0.2, 0) is 0 Å². The molecule has 33 heavy (non-hydrogen) atoms. The molecule has 0 saturated carbocycles. The second-order valence-corrected chi connectivity index (χ2v) is 8.55. The zero-order valence-corrected chi connectivity index (χ0v) is 21.3. The molecule has 178 valence electrons. The molecule has 0 spiro atoms. The highest BCUT2D eigenvalue weighted by Crippen LogP contribution is 2.23. The molecule has 6 heteroatoms. The summed E-state index contributed by atoms with van der Waals surface area (Å²) in [6.45, 7) is 11.1. The van der Waals surface area contributed by atoms with E-state index in [1.807, 2.05) is 12.3 Å². The van der Waals surface area contributed by atoms with Gasteiger partial charge < -0.3 is 10.2 Å². The Kier molecular flexibility index (Phi) is 11.0. The van der Waals surface area contributed by atoms with Crippen molar-refractivity contribution in [2.24, 2.45) is 0 Å². The zero-order valence-electron chi connectivity index (χ0n) is 19.7. The molecule has 2 aromatic carbocycles. The molecule has 3 aromatic rings. The number of piperazine rings is 1. The predicted molar refractivity (Wildman–Crippen MR) is 146 cm³/mol. The van der Waals surface area contributed by atoms with Crippen LogP contribution < -0.4 is 10.2 Å². The predicted octanol–water partition coefficient (Wildman–Crippen LogP) is 6.22. The number of anilines is 2. The minimum Gasteiger partial charge on any atom is -0.370 e. The van der Waals surface area contributed by atoms with Crippen molar-refractivity contribution in [3.63, 3.8) is 0 Å². The Labute approximate surface area is 211 Å². The molecule has 0 aliphatic carbocycles. The van der Waals surface area contributed by atoms with Crippen molar-refractivity contribution in [2.45, 2.75) is 26.7 Å². The van der Waals surface area contributed by atoms with Gasteiger partial charge in [-0.1, -0.05) is 48.0 Å². The monoisotopic (exact) mass is 486 g/mol. The molecular weight excluding hydrogens is 451 g/mol. The molecule has 1 aliphatic rings. The molecule has 0 unspecified atom stereocenters. The van der Waals surface area contributed by atoms with Crippen molar-refractivity contribution < 1.29 is 0 Å². The summed E-state index contributed by atoms with van der Waals surface area (Å²) in [5.74, 6) is 0.962. The van der Waals surface area contributed by atoms with Crippen LogP contribution >= 0.6 is 24.8 Å². The minimum atomic E-state index is 0. The Hall–Kier alpha value is -2.27. The van der Waals surface area contributed by atoms with E-state index in [4.69, 9.17) is 0 Å². The summed E-state index contributed by atoms with van der Waals surface area (Å²) >= 11 is 0. The second kappa shape index (κ2) is 13.4. The van der Waals surface area contributed by atoms with Crippen LogP contribution in [0.5, 0.6) is 0 Å². The maximum Gasteiger partial charge on any atom is 0.126 e. The lowest BCUT2D eigenvalue weighted by atomic mass is 10.1. The second-order valence-electron chi connectivity index (χ2n) is 8.55. The topological polar surface area (TPSA) is 31.4 Å². The number of halogens is 2. The number of hydrogen-bond acceptors (Lipinski definition) is 4. The molecule has 1 aliphatic heterocycles. The third-order valence-corrected chi connectivity index (χ3v) is 6.14. The number of nitrogens with one attached hydrogen (secondary N) is 1. The Morgan fingerprint density at radius 2 is 1.58 bits per heavy atom. The van der Waals surface area contributed by atoms with Crippen LogP contribution in [0.4, 0.5) is 11.5 Å². The van der Waals surface area contributed by atoms with Crippen LogP contribution in [0.1, 0.15) is 24.0 Å². The van der Waals surface area contributed by atoms with Gasteiger partial charge in [-0.3, -0.25) is 4.90 Å². The molecule has 4 nitrogen and oxygen atoms in total. The molecule has 1 fully saturated rings. The van der Waals surface area contributed by atoms with Gasteiger partial charge in [0.05, 0.1) is 0 Å². The van der Waals surface area contributed by atoms with Gasteiger partial charge in [-0.25, -0.2) is 4.98 Å². The number of benzene rings is 2. The summed E-state index contributed by atoms with van der Waals surface area (Å²) in [6.07, 6.45) is 4.27. The van der Waals surface area contributed by atoms with Gasteiger partial charge in [-0.15, -0.1) is 24.8 Å². The molecule has 1 N–H and O–H groups in total. The number of nitrogens with zero attached hydrogens (tertiary/aromatic N) is 3. The van der Waals surface area contributed by atoms with E-state index < -0.39 is 0 Å². The average Bonchev–Trinajstić information content (AvgIpc) is 2.80. The Balaban J connectivity index is 0.00000193. The van der Waals surface area contributed by atoms with Crippen molar-refractivity contribution in [2.75, 3.05) is 49.5 Å². The molecule has 0 amide bonds. The van der Waals surface area contributed by atoms with Gasteiger partial charge in [0.25, 0.3) is 0 Å². The highest BCUT2D eigenvalue weighted by atomic mass is 35.5. The SMILES string of the molecule is Cc1ccc(N2CCN(CCCCNc3cc(-c4ccccc4)ccn3)CC2)c(C)c1.Cl.Cl. The zero-order chi connectivity index (χ0) is 21.5. The molecule has 4 rings (SSSR count). The van der Waals surface area contributed by atoms with Gasteiger partial charge >= 0.3 is 0 Å². The van der Waals surface area contributed by atoms with E-state index in [-0.39, 0.29) is 24.8 Å². The highest BCUT2D eigenvalue weighted by molar-refractivity contribution is 5.85. The summed E-state index contributed by atoms with van der Waals surface area (Å²) < 4.78 is 0. The van der Waals surface area contributed by atoms with Crippen LogP contribution in [-0.4, -0.2) is 49.2 Å². The number of aromatic nitrogens is 1. The standard InChI is InChI=1S/C27H34N4.2ClH/c1-22-10-11-26(23(2)20-22)31-18-16-30(17-19-31)15-7-6-13-28-27-21-25(12-14-29-27)24-8-4-3-5-9-24;;/h3-5,8-12,14,20-21H,6-7,13,15-19H2,1-2H3,(H,28,29);2*1H. The molecular formula is C27H36Cl2N4. The molecule has 0 bridgehead atoms. The van der Waals surface area contributed by atoms with Crippen LogP contribution in [0.25, 0.3) is 11.1 Å². The highest BCUT2D eigenvalue weighted by Gasteiger charge is 2.17. The van der Waals surface area contributed by atoms with Crippen LogP contribution in [0.2, 0.25) is 0 Å². The van der Waals surface area contributed by atoms with Gasteiger partial charge in [-0.2, -0.15) is 0 Å². The van der Waals surface area contributed by atoms with Gasteiger partial charge in [0.2, 0.25) is 0 Å². The summed E-state index contributed by atoms with van der Waals surface area (Å²) in [6, 6.07) is 21.5. The lowest BCUT2D eigenvalue weighted by molar-refractivity contribution is 0.253. The Morgan fingerprint density at radius 3 is 2.30 bits per heavy atom. The first kappa shape index (κ1) is 27.0. The van der Waals surface area contributed by atoms with Gasteiger partial charge in [-0.05, 0) is 68.1 Å². The fraction of sp³-hybridized carbons (Fsp3) is 0.370. The first-order valence-corrected chi connectivity index (χ1v) is 11.5. The van der Waals surface area contributed by atoms with Gasteiger partial charge in [0.1, 0.15) is 5.82 Å². The van der Waals surface area contributed by atoms with Crippen molar-refractivity contribution in [1.29, 1.82) is 0 Å². The van der Waals surface area contributed by atoms with Crippen molar-refractivity contribution in [3.8, 4) is 11.1 Å². The lowest BCUT2D eigenvalue weighted by Gasteiger charge is -2.37. The largest absolute Gasteiger partial charge is 0.370 e. The van der Waals surface area contributed by atoms with Crippen molar-refractivity contribution in [3.05, 3.63) is 78.0 Å². The quantitative estimate of drug-likeness (QED) is 0.382. The van der Waals surface area contributed by atoms with Gasteiger partial charge in [0.15, 0.2) is 0 Å². The third-order valence-electron chi connectivity index (χ3n) is 6.14. The number of hydrogen-bond donors (Lipinski definition) is 1. The van der Waals surface area contributed by atoms with Crippen molar-refractivity contribution in [1.82, 2.24) is 9.88 Å². The van der Waals surface area contributed by atoms with Crippen LogP contribution in [0.3, 0.4) is 0 Å². The summed E-state index contributed by atoms with van der Waals surface area (Å²) in [5.41, 5.74) is 6.58. The molecule has 1 aromatic heterocycles. The van der Waals surface area contributed by atoms with E-state index in [0.717, 1.165) is 45.0 Å². The summed E-state index contributed by atoms with van der Waals surface area (Å²) in [7, 11) is 0. The smallest absolute Gasteiger partial charge is 0.126 e. The van der Waals surface area contributed by atoms with Crippen molar-refractivity contribution >= 4 is 36.3 Å². The lowest BCUT2D eigenvalue weighted by Crippen LogP contribution is -2.46. The fourth-order valence-electron chi connectivity index (χ4n) is 4.39. The van der Waals surface area contributed by atoms with E-state index in [9.17, 15) is 0 Å². The maximum atomic E-state index is 4.47. The summed E-state index contributed by atoms with van der Waals surface area (Å²) in [5, 5.41) is 3.49. The minimum absolute atomic E-state index is 0. The van der Waals surface area contributed by atoms with E-state index >= 15 is 0 Å². The molecule has 2 heterocycles. The van der Waals surface area contributed by atoms with Crippen LogP contribution in [0, 0.1) is 13.8 Å². The van der Waals surface area contributed by atoms with Crippen LogP contribution in [0.15, 0.2) is 66.9 Å². The fourth-order valence-corrected chi connectivity index (χ4v) is 4.39. The molecule has 0 radical (unpaired) electrons. The summed E-state index contributed by atoms with van der Waals surface area (Å²) in [4.78, 5) is 9.62. The van der Waals surface area contributed by atoms with E-state index in [1.165, 1.54) is 40.9 Å².